The minimum atomic E-state index is -4.57. The summed E-state index contributed by atoms with van der Waals surface area (Å²) in [6.07, 6.45) is -5.03. The van der Waals surface area contributed by atoms with E-state index in [0.717, 1.165) is 11.6 Å². The molecule has 8 heteroatoms. The van der Waals surface area contributed by atoms with E-state index in [9.17, 15) is 28.2 Å². The third-order valence-electron chi connectivity index (χ3n) is 4.29. The number of hydrogen-bond donors (Lipinski definition) is 2. The van der Waals surface area contributed by atoms with Gasteiger partial charge in [0.2, 0.25) is 5.75 Å². The van der Waals surface area contributed by atoms with Crippen molar-refractivity contribution in [2.75, 3.05) is 0 Å². The molecule has 0 radical (unpaired) electrons. The normalized spacial score (nSPS) is 11.4. The molecular weight excluding hydrogens is 385 g/mol. The SMILES string of the molecule is Cc1cccc(CC(=O)c2nc(Cc3ccccc3C(F)(F)F)nc(O)c2O)c1. The van der Waals surface area contributed by atoms with Crippen molar-refractivity contribution in [1.82, 2.24) is 9.97 Å². The van der Waals surface area contributed by atoms with Crippen molar-refractivity contribution < 1.29 is 28.2 Å². The second-order valence-electron chi connectivity index (χ2n) is 6.58. The molecule has 0 aliphatic carbocycles. The smallest absolute Gasteiger partial charge is 0.416 e. The Morgan fingerprint density at radius 3 is 2.45 bits per heavy atom. The first kappa shape index (κ1) is 20.3. The largest absolute Gasteiger partial charge is 0.502 e. The zero-order valence-electron chi connectivity index (χ0n) is 15.4. The zero-order valence-corrected chi connectivity index (χ0v) is 15.4. The van der Waals surface area contributed by atoms with Crippen LogP contribution in [0.4, 0.5) is 13.2 Å². The lowest BCUT2D eigenvalue weighted by Gasteiger charge is -2.13. The van der Waals surface area contributed by atoms with Crippen LogP contribution in [0.2, 0.25) is 0 Å². The lowest BCUT2D eigenvalue weighted by molar-refractivity contribution is -0.138. The van der Waals surface area contributed by atoms with Crippen LogP contribution in [-0.4, -0.2) is 26.0 Å². The van der Waals surface area contributed by atoms with Crippen LogP contribution in [-0.2, 0) is 19.0 Å². The van der Waals surface area contributed by atoms with Gasteiger partial charge >= 0.3 is 6.18 Å². The van der Waals surface area contributed by atoms with Gasteiger partial charge in [0.1, 0.15) is 5.82 Å². The number of hydrogen-bond acceptors (Lipinski definition) is 5. The summed E-state index contributed by atoms with van der Waals surface area (Å²) in [6.45, 7) is 1.86. The minimum absolute atomic E-state index is 0.0930. The molecule has 3 rings (SSSR count). The van der Waals surface area contributed by atoms with E-state index in [1.54, 1.807) is 18.2 Å². The maximum atomic E-state index is 13.2. The Hall–Kier alpha value is -3.42. The van der Waals surface area contributed by atoms with Gasteiger partial charge in [-0.15, -0.1) is 0 Å². The number of benzene rings is 2. The Morgan fingerprint density at radius 1 is 1.03 bits per heavy atom. The number of aromatic hydroxyl groups is 2. The molecule has 0 atom stereocenters. The summed E-state index contributed by atoms with van der Waals surface area (Å²) in [5.74, 6) is -2.44. The fourth-order valence-electron chi connectivity index (χ4n) is 2.97. The molecule has 1 aromatic heterocycles. The number of alkyl halides is 3. The Morgan fingerprint density at radius 2 is 1.76 bits per heavy atom. The van der Waals surface area contributed by atoms with Crippen molar-refractivity contribution in [3.05, 3.63) is 82.3 Å². The Bertz CT molecular complexity index is 1070. The van der Waals surface area contributed by atoms with Crippen LogP contribution in [0.3, 0.4) is 0 Å². The van der Waals surface area contributed by atoms with Crippen LogP contribution in [0, 0.1) is 6.92 Å². The van der Waals surface area contributed by atoms with Gasteiger partial charge in [0.05, 0.1) is 5.56 Å². The first-order valence-electron chi connectivity index (χ1n) is 8.68. The van der Waals surface area contributed by atoms with Gasteiger partial charge in [-0.2, -0.15) is 18.2 Å². The van der Waals surface area contributed by atoms with Crippen LogP contribution >= 0.6 is 0 Å². The highest BCUT2D eigenvalue weighted by Crippen LogP contribution is 2.33. The number of nitrogens with zero attached hydrogens (tertiary/aromatic N) is 2. The standard InChI is InChI=1S/C21H17F3N2O3/c1-12-5-4-6-13(9-12)10-16(27)18-19(28)20(29)26-17(25-18)11-14-7-2-3-8-15(14)21(22,23)24/h2-9,28H,10-11H2,1H3,(H,25,26,29). The summed E-state index contributed by atoms with van der Waals surface area (Å²) in [6, 6.07) is 12.0. The van der Waals surface area contributed by atoms with Gasteiger partial charge in [-0.05, 0) is 24.1 Å². The van der Waals surface area contributed by atoms with Gasteiger partial charge < -0.3 is 10.2 Å². The number of aromatic nitrogens is 2. The number of carbonyl (C=O) groups excluding carboxylic acids is 1. The average molecular weight is 402 g/mol. The topological polar surface area (TPSA) is 83.3 Å². The molecule has 29 heavy (non-hydrogen) atoms. The van der Waals surface area contributed by atoms with Crippen molar-refractivity contribution in [2.24, 2.45) is 0 Å². The maximum absolute atomic E-state index is 13.2. The number of ketones is 1. The molecule has 3 aromatic rings. The van der Waals surface area contributed by atoms with E-state index in [4.69, 9.17) is 0 Å². The van der Waals surface area contributed by atoms with E-state index in [2.05, 4.69) is 9.97 Å². The maximum Gasteiger partial charge on any atom is 0.416 e. The monoisotopic (exact) mass is 402 g/mol. The van der Waals surface area contributed by atoms with Crippen LogP contribution in [0.15, 0.2) is 48.5 Å². The molecule has 2 aromatic carbocycles. The summed E-state index contributed by atoms with van der Waals surface area (Å²) in [7, 11) is 0. The lowest BCUT2D eigenvalue weighted by Crippen LogP contribution is -2.12. The minimum Gasteiger partial charge on any atom is -0.502 e. The van der Waals surface area contributed by atoms with Crippen LogP contribution < -0.4 is 0 Å². The van der Waals surface area contributed by atoms with Crippen molar-refractivity contribution >= 4 is 5.78 Å². The van der Waals surface area contributed by atoms with E-state index >= 15 is 0 Å². The molecule has 150 valence electrons. The van der Waals surface area contributed by atoms with Crippen LogP contribution in [0.25, 0.3) is 0 Å². The molecule has 0 spiro atoms. The van der Waals surface area contributed by atoms with Crippen LogP contribution in [0.1, 0.15) is 38.6 Å². The Kier molecular flexibility index (Phi) is 5.54. The molecule has 2 N–H and O–H groups in total. The molecular formula is C21H17F3N2O3. The molecule has 0 unspecified atom stereocenters. The van der Waals surface area contributed by atoms with Crippen LogP contribution in [0.5, 0.6) is 11.6 Å². The van der Waals surface area contributed by atoms with E-state index < -0.39 is 34.8 Å². The second-order valence-corrected chi connectivity index (χ2v) is 6.58. The summed E-state index contributed by atoms with van der Waals surface area (Å²) in [5.41, 5.74) is 0.218. The van der Waals surface area contributed by atoms with Gasteiger partial charge in [0.25, 0.3) is 5.88 Å². The third-order valence-corrected chi connectivity index (χ3v) is 4.29. The molecule has 0 saturated heterocycles. The number of carbonyl (C=O) groups is 1. The number of halogens is 3. The number of Topliss-reactive ketones (excluding diaryl/α,β-unsaturated/α-hetero) is 1. The predicted molar refractivity (Wildman–Crippen MR) is 98.8 cm³/mol. The lowest BCUT2D eigenvalue weighted by atomic mass is 10.0. The average Bonchev–Trinajstić information content (AvgIpc) is 2.64. The summed E-state index contributed by atoms with van der Waals surface area (Å²) in [4.78, 5) is 20.2. The molecule has 0 saturated carbocycles. The van der Waals surface area contributed by atoms with Crippen molar-refractivity contribution in [3.63, 3.8) is 0 Å². The second kappa shape index (κ2) is 7.90. The van der Waals surface area contributed by atoms with Gasteiger partial charge in [-0.1, -0.05) is 48.0 Å². The van der Waals surface area contributed by atoms with Crippen molar-refractivity contribution in [2.45, 2.75) is 25.9 Å². The fraction of sp³-hybridized carbons (Fsp3) is 0.190. The highest BCUT2D eigenvalue weighted by atomic mass is 19.4. The van der Waals surface area contributed by atoms with Gasteiger partial charge in [-0.25, -0.2) is 4.98 Å². The molecule has 1 heterocycles. The third kappa shape index (κ3) is 4.71. The molecule has 0 fully saturated rings. The molecule has 0 aliphatic heterocycles. The Labute approximate surface area is 164 Å². The highest BCUT2D eigenvalue weighted by Gasteiger charge is 2.33. The van der Waals surface area contributed by atoms with Crippen molar-refractivity contribution in [1.29, 1.82) is 0 Å². The van der Waals surface area contributed by atoms with E-state index in [1.165, 1.54) is 18.2 Å². The van der Waals surface area contributed by atoms with Gasteiger partial charge in [-0.3, -0.25) is 4.79 Å². The molecule has 0 bridgehead atoms. The Balaban J connectivity index is 1.94. The van der Waals surface area contributed by atoms with Crippen molar-refractivity contribution in [3.8, 4) is 11.6 Å². The van der Waals surface area contributed by atoms with E-state index in [0.29, 0.717) is 5.56 Å². The number of rotatable bonds is 5. The summed E-state index contributed by atoms with van der Waals surface area (Å²) < 4.78 is 39.6. The first-order chi connectivity index (χ1) is 13.6. The first-order valence-corrected chi connectivity index (χ1v) is 8.68. The summed E-state index contributed by atoms with van der Waals surface area (Å²) in [5, 5.41) is 19.9. The predicted octanol–water partition coefficient (Wildman–Crippen LogP) is 4.23. The molecule has 5 nitrogen and oxygen atoms in total. The van der Waals surface area contributed by atoms with E-state index in [-0.39, 0.29) is 24.2 Å². The molecule has 0 amide bonds. The van der Waals surface area contributed by atoms with Gasteiger partial charge in [0.15, 0.2) is 11.5 Å². The quantitative estimate of drug-likeness (QED) is 0.624. The van der Waals surface area contributed by atoms with E-state index in [1.807, 2.05) is 13.0 Å². The summed E-state index contributed by atoms with van der Waals surface area (Å²) >= 11 is 0. The van der Waals surface area contributed by atoms with Gasteiger partial charge in [0, 0.05) is 12.8 Å². The zero-order chi connectivity index (χ0) is 21.2. The fourth-order valence-corrected chi connectivity index (χ4v) is 2.97. The highest BCUT2D eigenvalue weighted by molar-refractivity contribution is 5.98. The number of aryl methyl sites for hydroxylation is 1. The molecule has 0 aliphatic rings.